The van der Waals surface area contributed by atoms with Gasteiger partial charge in [-0.15, -0.1) is 0 Å². The van der Waals surface area contributed by atoms with Crippen LogP contribution < -0.4 is 4.74 Å². The van der Waals surface area contributed by atoms with Gasteiger partial charge in [0.25, 0.3) is 0 Å². The molecule has 0 N–H and O–H groups in total. The Bertz CT molecular complexity index is 389. The first kappa shape index (κ1) is 14.6. The first-order valence-corrected chi connectivity index (χ1v) is 7.32. The van der Waals surface area contributed by atoms with Crippen LogP contribution in [0.15, 0.2) is 18.2 Å². The molecule has 1 aromatic rings. The van der Waals surface area contributed by atoms with Crippen LogP contribution in [0.1, 0.15) is 31.7 Å². The van der Waals surface area contributed by atoms with Crippen LogP contribution in [0.25, 0.3) is 0 Å². The number of benzene rings is 1. The average Bonchev–Trinajstić information content (AvgIpc) is 2.46. The van der Waals surface area contributed by atoms with E-state index >= 15 is 0 Å². The molecule has 0 amide bonds. The minimum Gasteiger partial charge on any atom is -0.491 e. The molecule has 2 rings (SSSR count). The van der Waals surface area contributed by atoms with Crippen LogP contribution >= 0.6 is 11.6 Å². The Morgan fingerprint density at radius 1 is 1.32 bits per heavy atom. The van der Waals surface area contributed by atoms with E-state index in [1.807, 2.05) is 18.2 Å². The molecule has 1 heterocycles. The molecule has 1 fully saturated rings. The molecule has 19 heavy (non-hydrogen) atoms. The zero-order chi connectivity index (χ0) is 13.5. The van der Waals surface area contributed by atoms with Crippen molar-refractivity contribution in [2.75, 3.05) is 19.8 Å². The highest BCUT2D eigenvalue weighted by atomic mass is 35.5. The summed E-state index contributed by atoms with van der Waals surface area (Å²) in [6, 6.07) is 5.75. The third kappa shape index (κ3) is 4.68. The van der Waals surface area contributed by atoms with E-state index in [4.69, 9.17) is 25.8 Å². The van der Waals surface area contributed by atoms with Gasteiger partial charge < -0.3 is 14.2 Å². The first-order chi connectivity index (χ1) is 9.29. The second kappa shape index (κ2) is 7.73. The topological polar surface area (TPSA) is 27.7 Å². The molecule has 1 saturated heterocycles. The van der Waals surface area contributed by atoms with E-state index < -0.39 is 0 Å². The minimum atomic E-state index is -0.0474. The number of hydrogen-bond acceptors (Lipinski definition) is 3. The van der Waals surface area contributed by atoms with Crippen LogP contribution in [-0.4, -0.2) is 26.1 Å². The molecule has 106 valence electrons. The van der Waals surface area contributed by atoms with Gasteiger partial charge in [-0.2, -0.15) is 0 Å². The van der Waals surface area contributed by atoms with E-state index in [9.17, 15) is 0 Å². The summed E-state index contributed by atoms with van der Waals surface area (Å²) in [6.07, 6.45) is 4.17. The summed E-state index contributed by atoms with van der Waals surface area (Å²) in [7, 11) is 0. The Balaban J connectivity index is 1.70. The monoisotopic (exact) mass is 284 g/mol. The van der Waals surface area contributed by atoms with Gasteiger partial charge in [0.15, 0.2) is 6.29 Å². The molecule has 0 radical (unpaired) electrons. The van der Waals surface area contributed by atoms with Gasteiger partial charge >= 0.3 is 0 Å². The van der Waals surface area contributed by atoms with E-state index in [2.05, 4.69) is 6.92 Å². The molecule has 3 nitrogen and oxygen atoms in total. The normalized spacial score (nSPS) is 19.4. The lowest BCUT2D eigenvalue weighted by Gasteiger charge is -2.22. The highest BCUT2D eigenvalue weighted by Gasteiger charge is 2.13. The average molecular weight is 285 g/mol. The fourth-order valence-corrected chi connectivity index (χ4v) is 2.34. The van der Waals surface area contributed by atoms with Crippen molar-refractivity contribution in [1.29, 1.82) is 0 Å². The molecule has 0 unspecified atom stereocenters. The van der Waals surface area contributed by atoms with Crippen LogP contribution in [0.4, 0.5) is 0 Å². The van der Waals surface area contributed by atoms with Gasteiger partial charge in [-0.25, -0.2) is 0 Å². The number of hydrogen-bond donors (Lipinski definition) is 0. The van der Waals surface area contributed by atoms with E-state index in [1.54, 1.807) is 0 Å². The Labute approximate surface area is 119 Å². The second-order valence-corrected chi connectivity index (χ2v) is 5.03. The lowest BCUT2D eigenvalue weighted by molar-refractivity contribution is -0.165. The summed E-state index contributed by atoms with van der Waals surface area (Å²) in [5, 5.41) is 0.793. The predicted octanol–water partition coefficient (Wildman–Crippen LogP) is 3.82. The highest BCUT2D eigenvalue weighted by molar-refractivity contribution is 6.31. The molecule has 0 aromatic heterocycles. The zero-order valence-corrected chi connectivity index (χ0v) is 12.1. The Kier molecular flexibility index (Phi) is 5.95. The smallest absolute Gasteiger partial charge is 0.157 e. The predicted molar refractivity (Wildman–Crippen MR) is 75.9 cm³/mol. The maximum absolute atomic E-state index is 6.06. The number of rotatable bonds is 6. The lowest BCUT2D eigenvalue weighted by atomic mass is 10.1. The SMILES string of the molecule is CCc1cc(OCCO[C@H]2CCCCO2)ccc1Cl. The Hall–Kier alpha value is -0.770. The van der Waals surface area contributed by atoms with Crippen LogP contribution in [-0.2, 0) is 15.9 Å². The minimum absolute atomic E-state index is 0.0474. The first-order valence-electron chi connectivity index (χ1n) is 6.94. The van der Waals surface area contributed by atoms with E-state index in [1.165, 1.54) is 6.42 Å². The van der Waals surface area contributed by atoms with Crippen molar-refractivity contribution < 1.29 is 14.2 Å². The molecule has 1 aliphatic heterocycles. The Morgan fingerprint density at radius 2 is 2.21 bits per heavy atom. The van der Waals surface area contributed by atoms with Crippen molar-refractivity contribution >= 4 is 11.6 Å². The van der Waals surface area contributed by atoms with Gasteiger partial charge in [0, 0.05) is 11.6 Å². The summed E-state index contributed by atoms with van der Waals surface area (Å²) >= 11 is 6.06. The van der Waals surface area contributed by atoms with Gasteiger partial charge in [0.1, 0.15) is 12.4 Å². The summed E-state index contributed by atoms with van der Waals surface area (Å²) in [5.41, 5.74) is 1.11. The zero-order valence-electron chi connectivity index (χ0n) is 11.4. The van der Waals surface area contributed by atoms with Gasteiger partial charge in [0.2, 0.25) is 0 Å². The number of halogens is 1. The summed E-state index contributed by atoms with van der Waals surface area (Å²) in [4.78, 5) is 0. The summed E-state index contributed by atoms with van der Waals surface area (Å²) < 4.78 is 16.8. The molecule has 1 aliphatic rings. The third-order valence-electron chi connectivity index (χ3n) is 3.19. The molecule has 1 aromatic carbocycles. The van der Waals surface area contributed by atoms with Gasteiger partial charge in [-0.3, -0.25) is 0 Å². The van der Waals surface area contributed by atoms with Crippen molar-refractivity contribution in [2.24, 2.45) is 0 Å². The van der Waals surface area contributed by atoms with Crippen molar-refractivity contribution in [3.63, 3.8) is 0 Å². The van der Waals surface area contributed by atoms with Crippen LogP contribution in [0, 0.1) is 0 Å². The molecular formula is C15H21ClO3. The number of ether oxygens (including phenoxy) is 3. The maximum atomic E-state index is 6.06. The quantitative estimate of drug-likeness (QED) is 0.743. The third-order valence-corrected chi connectivity index (χ3v) is 3.56. The molecular weight excluding hydrogens is 264 g/mol. The second-order valence-electron chi connectivity index (χ2n) is 4.62. The van der Waals surface area contributed by atoms with Gasteiger partial charge in [-0.05, 0) is 49.4 Å². The Morgan fingerprint density at radius 3 is 2.95 bits per heavy atom. The standard InChI is InChI=1S/C15H21ClO3/c1-2-12-11-13(6-7-14(12)16)17-9-10-19-15-5-3-4-8-18-15/h6-7,11,15H,2-5,8-10H2,1H3/t15-/m0/s1. The summed E-state index contributed by atoms with van der Waals surface area (Å²) in [5.74, 6) is 0.842. The van der Waals surface area contributed by atoms with E-state index in [-0.39, 0.29) is 6.29 Å². The van der Waals surface area contributed by atoms with Crippen LogP contribution in [0.3, 0.4) is 0 Å². The van der Waals surface area contributed by atoms with Gasteiger partial charge in [0.05, 0.1) is 6.61 Å². The molecule has 0 saturated carbocycles. The largest absolute Gasteiger partial charge is 0.491 e. The molecule has 0 spiro atoms. The van der Waals surface area contributed by atoms with Crippen LogP contribution in [0.2, 0.25) is 5.02 Å². The van der Waals surface area contributed by atoms with Crippen molar-refractivity contribution in [3.05, 3.63) is 28.8 Å². The van der Waals surface area contributed by atoms with Crippen LogP contribution in [0.5, 0.6) is 5.75 Å². The van der Waals surface area contributed by atoms with Crippen molar-refractivity contribution in [1.82, 2.24) is 0 Å². The maximum Gasteiger partial charge on any atom is 0.157 e. The molecule has 4 heteroatoms. The van der Waals surface area contributed by atoms with Crippen molar-refractivity contribution in [2.45, 2.75) is 38.9 Å². The van der Waals surface area contributed by atoms with E-state index in [0.717, 1.165) is 42.2 Å². The lowest BCUT2D eigenvalue weighted by Crippen LogP contribution is -2.24. The molecule has 0 aliphatic carbocycles. The molecule has 1 atom stereocenters. The fourth-order valence-electron chi connectivity index (χ4n) is 2.09. The van der Waals surface area contributed by atoms with E-state index in [0.29, 0.717) is 13.2 Å². The summed E-state index contributed by atoms with van der Waals surface area (Å²) in [6.45, 7) is 3.97. The number of aryl methyl sites for hydroxylation is 1. The molecule has 0 bridgehead atoms. The fraction of sp³-hybridized carbons (Fsp3) is 0.600. The highest BCUT2D eigenvalue weighted by Crippen LogP contribution is 2.22. The van der Waals surface area contributed by atoms with Gasteiger partial charge in [-0.1, -0.05) is 18.5 Å². The van der Waals surface area contributed by atoms with Crippen molar-refractivity contribution in [3.8, 4) is 5.75 Å².